The first kappa shape index (κ1) is 13.4. The van der Waals surface area contributed by atoms with E-state index in [-0.39, 0.29) is 5.75 Å². The lowest BCUT2D eigenvalue weighted by Gasteiger charge is -2.09. The minimum Gasteiger partial charge on any atom is -0.406 e. The van der Waals surface area contributed by atoms with E-state index in [1.54, 1.807) is 18.3 Å². The highest BCUT2D eigenvalue weighted by molar-refractivity contribution is 5.27. The number of aromatic amines is 1. The van der Waals surface area contributed by atoms with Gasteiger partial charge >= 0.3 is 6.36 Å². The van der Waals surface area contributed by atoms with Gasteiger partial charge in [0.1, 0.15) is 5.75 Å². The number of H-pyrrole nitrogens is 1. The van der Waals surface area contributed by atoms with Gasteiger partial charge in [-0.05, 0) is 23.8 Å². The van der Waals surface area contributed by atoms with Gasteiger partial charge in [0.25, 0.3) is 0 Å². The Morgan fingerprint density at radius 2 is 1.84 bits per heavy atom. The van der Waals surface area contributed by atoms with Crippen LogP contribution < -0.4 is 10.1 Å². The molecule has 0 unspecified atom stereocenters. The van der Waals surface area contributed by atoms with Crippen LogP contribution in [0.5, 0.6) is 5.75 Å². The van der Waals surface area contributed by atoms with Crippen LogP contribution in [0.25, 0.3) is 0 Å². The minimum absolute atomic E-state index is 0.218. The van der Waals surface area contributed by atoms with Gasteiger partial charge in [0.05, 0.1) is 0 Å². The zero-order chi connectivity index (χ0) is 13.7. The number of rotatable bonds is 5. The van der Waals surface area contributed by atoms with Gasteiger partial charge in [-0.3, -0.25) is 5.10 Å². The van der Waals surface area contributed by atoms with Crippen LogP contribution in [0.3, 0.4) is 0 Å². The van der Waals surface area contributed by atoms with Crippen LogP contribution in [0, 0.1) is 0 Å². The molecule has 7 heteroatoms. The normalized spacial score (nSPS) is 11.5. The molecule has 1 aromatic carbocycles. The lowest BCUT2D eigenvalue weighted by atomic mass is 10.2. The number of benzene rings is 1. The number of hydrogen-bond acceptors (Lipinski definition) is 3. The van der Waals surface area contributed by atoms with Gasteiger partial charge in [0, 0.05) is 25.0 Å². The number of ether oxygens (including phenoxy) is 1. The molecule has 0 aliphatic carbocycles. The Kier molecular flexibility index (Phi) is 4.06. The highest BCUT2D eigenvalue weighted by atomic mass is 19.4. The second kappa shape index (κ2) is 5.75. The third-order valence-electron chi connectivity index (χ3n) is 2.36. The van der Waals surface area contributed by atoms with Crippen LogP contribution >= 0.6 is 0 Å². The summed E-state index contributed by atoms with van der Waals surface area (Å²) in [6.07, 6.45) is -3.00. The second-order valence-corrected chi connectivity index (χ2v) is 3.88. The summed E-state index contributed by atoms with van der Waals surface area (Å²) in [7, 11) is 0. The molecule has 19 heavy (non-hydrogen) atoms. The summed E-state index contributed by atoms with van der Waals surface area (Å²) in [6.45, 7) is 1.16. The maximum absolute atomic E-state index is 12.0. The van der Waals surface area contributed by atoms with Gasteiger partial charge in [-0.2, -0.15) is 5.10 Å². The topological polar surface area (TPSA) is 49.9 Å². The Bertz CT molecular complexity index is 494. The van der Waals surface area contributed by atoms with Gasteiger partial charge in [0.15, 0.2) is 0 Å². The van der Waals surface area contributed by atoms with E-state index in [1.165, 1.54) is 12.1 Å². The molecule has 0 fully saturated rings. The molecule has 0 aliphatic rings. The first-order chi connectivity index (χ1) is 9.03. The molecule has 0 saturated carbocycles. The summed E-state index contributed by atoms with van der Waals surface area (Å²) in [4.78, 5) is 0. The number of nitrogens with one attached hydrogen (secondary N) is 2. The molecule has 0 amide bonds. The molecule has 0 aliphatic heterocycles. The molecule has 4 nitrogen and oxygen atoms in total. The van der Waals surface area contributed by atoms with E-state index in [0.29, 0.717) is 13.1 Å². The molecule has 2 aromatic rings. The third kappa shape index (κ3) is 4.63. The minimum atomic E-state index is -4.65. The fourth-order valence-corrected chi connectivity index (χ4v) is 1.53. The quantitative estimate of drug-likeness (QED) is 0.878. The molecular formula is C12H12F3N3O. The number of halogens is 3. The summed E-state index contributed by atoms with van der Waals surface area (Å²) in [5, 5.41) is 9.74. The zero-order valence-electron chi connectivity index (χ0n) is 9.87. The molecule has 2 N–H and O–H groups in total. The first-order valence-electron chi connectivity index (χ1n) is 5.56. The van der Waals surface area contributed by atoms with E-state index in [1.807, 2.05) is 6.07 Å². The smallest absolute Gasteiger partial charge is 0.406 e. The van der Waals surface area contributed by atoms with Crippen LogP contribution in [0.2, 0.25) is 0 Å². The average molecular weight is 271 g/mol. The summed E-state index contributed by atoms with van der Waals surface area (Å²) < 4.78 is 39.7. The van der Waals surface area contributed by atoms with Gasteiger partial charge in [0.2, 0.25) is 0 Å². The molecular weight excluding hydrogens is 259 g/mol. The monoisotopic (exact) mass is 271 g/mol. The summed E-state index contributed by atoms with van der Waals surface area (Å²) in [6, 6.07) is 7.59. The largest absolute Gasteiger partial charge is 0.573 e. The highest BCUT2D eigenvalue weighted by Crippen LogP contribution is 2.22. The van der Waals surface area contributed by atoms with Crippen LogP contribution in [-0.4, -0.2) is 16.6 Å². The second-order valence-electron chi connectivity index (χ2n) is 3.88. The van der Waals surface area contributed by atoms with Crippen molar-refractivity contribution in [3.63, 3.8) is 0 Å². The van der Waals surface area contributed by atoms with Crippen molar-refractivity contribution in [2.75, 3.05) is 0 Å². The molecule has 102 valence electrons. The van der Waals surface area contributed by atoms with Crippen molar-refractivity contribution < 1.29 is 17.9 Å². The molecule has 0 bridgehead atoms. The fourth-order valence-electron chi connectivity index (χ4n) is 1.53. The van der Waals surface area contributed by atoms with Crippen LogP contribution in [0.4, 0.5) is 13.2 Å². The van der Waals surface area contributed by atoms with E-state index < -0.39 is 6.36 Å². The van der Waals surface area contributed by atoms with Crippen molar-refractivity contribution in [1.29, 1.82) is 0 Å². The molecule has 2 rings (SSSR count). The molecule has 0 atom stereocenters. The van der Waals surface area contributed by atoms with Crippen molar-refractivity contribution >= 4 is 0 Å². The molecule has 1 heterocycles. The maximum atomic E-state index is 12.0. The van der Waals surface area contributed by atoms with Crippen molar-refractivity contribution in [3.05, 3.63) is 47.8 Å². The van der Waals surface area contributed by atoms with E-state index in [2.05, 4.69) is 20.3 Å². The van der Waals surface area contributed by atoms with Gasteiger partial charge in [-0.15, -0.1) is 13.2 Å². The third-order valence-corrected chi connectivity index (χ3v) is 2.36. The van der Waals surface area contributed by atoms with Crippen molar-refractivity contribution in [2.45, 2.75) is 19.5 Å². The first-order valence-corrected chi connectivity index (χ1v) is 5.56. The van der Waals surface area contributed by atoms with E-state index >= 15 is 0 Å². The van der Waals surface area contributed by atoms with Gasteiger partial charge in [-0.1, -0.05) is 12.1 Å². The maximum Gasteiger partial charge on any atom is 0.573 e. The zero-order valence-corrected chi connectivity index (χ0v) is 9.87. The Hall–Kier alpha value is -2.02. The van der Waals surface area contributed by atoms with Gasteiger partial charge < -0.3 is 10.1 Å². The van der Waals surface area contributed by atoms with Crippen LogP contribution in [-0.2, 0) is 13.1 Å². The molecule has 0 saturated heterocycles. The Morgan fingerprint density at radius 3 is 2.42 bits per heavy atom. The Morgan fingerprint density at radius 1 is 1.11 bits per heavy atom. The predicted octanol–water partition coefficient (Wildman–Crippen LogP) is 2.60. The number of alkyl halides is 3. The van der Waals surface area contributed by atoms with E-state index in [9.17, 15) is 13.2 Å². The predicted molar refractivity (Wildman–Crippen MR) is 62.3 cm³/mol. The van der Waals surface area contributed by atoms with Crippen molar-refractivity contribution in [1.82, 2.24) is 15.5 Å². The Balaban J connectivity index is 1.81. The lowest BCUT2D eigenvalue weighted by Crippen LogP contribution is -2.17. The van der Waals surface area contributed by atoms with Crippen LogP contribution in [0.1, 0.15) is 11.3 Å². The highest BCUT2D eigenvalue weighted by Gasteiger charge is 2.30. The van der Waals surface area contributed by atoms with E-state index in [0.717, 1.165) is 11.3 Å². The number of nitrogens with zero attached hydrogens (tertiary/aromatic N) is 1. The number of aromatic nitrogens is 2. The average Bonchev–Trinajstić information content (AvgIpc) is 2.82. The summed E-state index contributed by atoms with van der Waals surface area (Å²) in [5.41, 5.74) is 1.81. The molecule has 0 spiro atoms. The SMILES string of the molecule is FC(F)(F)Oc1ccc(CNCc2ccn[nH]2)cc1. The molecule has 0 radical (unpaired) electrons. The molecule has 1 aromatic heterocycles. The van der Waals surface area contributed by atoms with E-state index in [4.69, 9.17) is 0 Å². The fraction of sp³-hybridized carbons (Fsp3) is 0.250. The van der Waals surface area contributed by atoms with Crippen molar-refractivity contribution in [3.8, 4) is 5.75 Å². The Labute approximate surface area is 107 Å². The summed E-state index contributed by atoms with van der Waals surface area (Å²) in [5.74, 6) is -0.218. The standard InChI is InChI=1S/C12H12F3N3O/c13-12(14,15)19-11-3-1-9(2-4-11)7-16-8-10-5-6-17-18-10/h1-6,16H,7-8H2,(H,17,18). The number of hydrogen-bond donors (Lipinski definition) is 2. The summed E-state index contributed by atoms with van der Waals surface area (Å²) >= 11 is 0. The van der Waals surface area contributed by atoms with Gasteiger partial charge in [-0.25, -0.2) is 0 Å². The van der Waals surface area contributed by atoms with Crippen molar-refractivity contribution in [2.24, 2.45) is 0 Å². The lowest BCUT2D eigenvalue weighted by molar-refractivity contribution is -0.274. The van der Waals surface area contributed by atoms with Crippen LogP contribution in [0.15, 0.2) is 36.5 Å².